The second-order valence-electron chi connectivity index (χ2n) is 4.61. The van der Waals surface area contributed by atoms with Crippen LogP contribution in [0.4, 0.5) is 0 Å². The van der Waals surface area contributed by atoms with Gasteiger partial charge in [-0.2, -0.15) is 0 Å². The molecule has 0 saturated carbocycles. The quantitative estimate of drug-likeness (QED) is 0.849. The van der Waals surface area contributed by atoms with E-state index in [0.717, 1.165) is 5.56 Å². The van der Waals surface area contributed by atoms with Crippen LogP contribution in [0.1, 0.15) is 23.6 Å². The standard InChI is InChI=1S/C16H16N2O3/c19-14(9-8-12-5-4-10-17-11-12)18-15(16(20)21)13-6-2-1-3-7-13/h1-7,10-11,15H,8-9H2,(H,18,19)(H,20,21). The molecule has 0 bridgehead atoms. The van der Waals surface area contributed by atoms with Crippen molar-refractivity contribution in [2.45, 2.75) is 18.9 Å². The van der Waals surface area contributed by atoms with E-state index in [-0.39, 0.29) is 12.3 Å². The number of aryl methyl sites for hydroxylation is 1. The third-order valence-electron chi connectivity index (χ3n) is 3.05. The number of nitrogens with one attached hydrogen (secondary N) is 1. The first kappa shape index (κ1) is 14.7. The number of carboxylic acids is 1. The van der Waals surface area contributed by atoms with E-state index in [1.807, 2.05) is 6.07 Å². The number of nitrogens with zero attached hydrogens (tertiary/aromatic N) is 1. The van der Waals surface area contributed by atoms with Crippen LogP contribution >= 0.6 is 0 Å². The van der Waals surface area contributed by atoms with Gasteiger partial charge in [0.2, 0.25) is 5.91 Å². The molecular weight excluding hydrogens is 268 g/mol. The molecule has 5 heteroatoms. The summed E-state index contributed by atoms with van der Waals surface area (Å²) in [5.74, 6) is -1.37. The van der Waals surface area contributed by atoms with Crippen LogP contribution in [0.2, 0.25) is 0 Å². The molecule has 0 spiro atoms. The summed E-state index contributed by atoms with van der Waals surface area (Å²) in [7, 11) is 0. The van der Waals surface area contributed by atoms with Gasteiger partial charge < -0.3 is 10.4 Å². The monoisotopic (exact) mass is 284 g/mol. The molecule has 0 radical (unpaired) electrons. The molecule has 2 N–H and O–H groups in total. The van der Waals surface area contributed by atoms with Crippen molar-refractivity contribution in [3.8, 4) is 0 Å². The molecule has 0 fully saturated rings. The molecule has 0 aliphatic carbocycles. The van der Waals surface area contributed by atoms with Crippen LogP contribution in [0.5, 0.6) is 0 Å². The second-order valence-corrected chi connectivity index (χ2v) is 4.61. The molecule has 21 heavy (non-hydrogen) atoms. The van der Waals surface area contributed by atoms with Gasteiger partial charge in [0.05, 0.1) is 0 Å². The summed E-state index contributed by atoms with van der Waals surface area (Å²) in [6.45, 7) is 0. The summed E-state index contributed by atoms with van der Waals surface area (Å²) < 4.78 is 0. The lowest BCUT2D eigenvalue weighted by Crippen LogP contribution is -2.33. The lowest BCUT2D eigenvalue weighted by molar-refractivity contribution is -0.142. The highest BCUT2D eigenvalue weighted by Gasteiger charge is 2.21. The Balaban J connectivity index is 1.95. The Morgan fingerprint density at radius 3 is 2.52 bits per heavy atom. The maximum absolute atomic E-state index is 11.9. The van der Waals surface area contributed by atoms with Crippen LogP contribution in [-0.4, -0.2) is 22.0 Å². The van der Waals surface area contributed by atoms with Crippen LogP contribution in [0, 0.1) is 0 Å². The summed E-state index contributed by atoms with van der Waals surface area (Å²) in [6.07, 6.45) is 4.11. The van der Waals surface area contributed by atoms with Crippen molar-refractivity contribution in [1.29, 1.82) is 0 Å². The number of hydrogen-bond donors (Lipinski definition) is 2. The molecule has 1 unspecified atom stereocenters. The van der Waals surface area contributed by atoms with E-state index >= 15 is 0 Å². The highest BCUT2D eigenvalue weighted by Crippen LogP contribution is 2.13. The topological polar surface area (TPSA) is 79.3 Å². The average molecular weight is 284 g/mol. The van der Waals surface area contributed by atoms with Crippen molar-refractivity contribution in [2.24, 2.45) is 0 Å². The number of carbonyl (C=O) groups excluding carboxylic acids is 1. The van der Waals surface area contributed by atoms with Crippen LogP contribution < -0.4 is 5.32 Å². The molecular formula is C16H16N2O3. The Bertz CT molecular complexity index is 599. The van der Waals surface area contributed by atoms with Crippen molar-refractivity contribution >= 4 is 11.9 Å². The summed E-state index contributed by atoms with van der Waals surface area (Å²) in [5.41, 5.74) is 1.50. The minimum absolute atomic E-state index is 0.225. The molecule has 108 valence electrons. The molecule has 1 heterocycles. The van der Waals surface area contributed by atoms with E-state index in [4.69, 9.17) is 0 Å². The van der Waals surface area contributed by atoms with Crippen molar-refractivity contribution in [2.75, 3.05) is 0 Å². The van der Waals surface area contributed by atoms with Gasteiger partial charge in [-0.25, -0.2) is 4.79 Å². The van der Waals surface area contributed by atoms with Gasteiger partial charge in [-0.1, -0.05) is 36.4 Å². The zero-order valence-electron chi connectivity index (χ0n) is 11.4. The molecule has 5 nitrogen and oxygen atoms in total. The van der Waals surface area contributed by atoms with Crippen molar-refractivity contribution < 1.29 is 14.7 Å². The van der Waals surface area contributed by atoms with E-state index in [1.165, 1.54) is 0 Å². The smallest absolute Gasteiger partial charge is 0.330 e. The average Bonchev–Trinajstić information content (AvgIpc) is 2.52. The predicted molar refractivity (Wildman–Crippen MR) is 77.5 cm³/mol. The normalized spacial score (nSPS) is 11.6. The Morgan fingerprint density at radius 2 is 1.90 bits per heavy atom. The molecule has 0 saturated heterocycles. The molecule has 2 aromatic rings. The first-order valence-corrected chi connectivity index (χ1v) is 6.63. The molecule has 1 aromatic carbocycles. The summed E-state index contributed by atoms with van der Waals surface area (Å²) >= 11 is 0. The number of amides is 1. The fraction of sp³-hybridized carbons (Fsp3) is 0.188. The van der Waals surface area contributed by atoms with Gasteiger partial charge in [0.25, 0.3) is 0 Å². The van der Waals surface area contributed by atoms with Gasteiger partial charge in [0.1, 0.15) is 0 Å². The molecule has 1 aromatic heterocycles. The highest BCUT2D eigenvalue weighted by atomic mass is 16.4. The number of aliphatic carboxylic acids is 1. The number of carbonyl (C=O) groups is 2. The number of pyridine rings is 1. The number of aromatic nitrogens is 1. The Kier molecular flexibility index (Phi) is 5.04. The first-order chi connectivity index (χ1) is 10.2. The van der Waals surface area contributed by atoms with Crippen molar-refractivity contribution in [3.63, 3.8) is 0 Å². The summed E-state index contributed by atoms with van der Waals surface area (Å²) in [5, 5.41) is 11.8. The Hall–Kier alpha value is -2.69. The van der Waals surface area contributed by atoms with Crippen molar-refractivity contribution in [1.82, 2.24) is 10.3 Å². The largest absolute Gasteiger partial charge is 0.479 e. The van der Waals surface area contributed by atoms with E-state index in [2.05, 4.69) is 10.3 Å². The van der Waals surface area contributed by atoms with Crippen LogP contribution in [0.15, 0.2) is 54.9 Å². The maximum atomic E-state index is 11.9. The summed E-state index contributed by atoms with van der Waals surface area (Å²) in [4.78, 5) is 27.2. The van der Waals surface area contributed by atoms with Gasteiger partial charge >= 0.3 is 5.97 Å². The first-order valence-electron chi connectivity index (χ1n) is 6.63. The van der Waals surface area contributed by atoms with Crippen LogP contribution in [0.3, 0.4) is 0 Å². The number of rotatable bonds is 6. The highest BCUT2D eigenvalue weighted by molar-refractivity contribution is 5.84. The molecule has 1 amide bonds. The van der Waals surface area contributed by atoms with Gasteiger partial charge in [-0.15, -0.1) is 0 Å². The maximum Gasteiger partial charge on any atom is 0.330 e. The van der Waals surface area contributed by atoms with Gasteiger partial charge in [0, 0.05) is 18.8 Å². The summed E-state index contributed by atoms with van der Waals surface area (Å²) in [6, 6.07) is 11.3. The SMILES string of the molecule is O=C(CCc1cccnc1)NC(C(=O)O)c1ccccc1. The fourth-order valence-electron chi connectivity index (χ4n) is 1.97. The van der Waals surface area contributed by atoms with E-state index in [9.17, 15) is 14.7 Å². The number of benzene rings is 1. The Labute approximate surface area is 122 Å². The Morgan fingerprint density at radius 1 is 1.14 bits per heavy atom. The molecule has 1 atom stereocenters. The minimum atomic E-state index is -1.07. The van der Waals surface area contributed by atoms with E-state index in [0.29, 0.717) is 12.0 Å². The fourth-order valence-corrected chi connectivity index (χ4v) is 1.97. The van der Waals surface area contributed by atoms with Crippen molar-refractivity contribution in [3.05, 3.63) is 66.0 Å². The van der Waals surface area contributed by atoms with E-state index in [1.54, 1.807) is 48.8 Å². The minimum Gasteiger partial charge on any atom is -0.479 e. The van der Waals surface area contributed by atoms with E-state index < -0.39 is 12.0 Å². The molecule has 0 aliphatic heterocycles. The zero-order valence-corrected chi connectivity index (χ0v) is 11.4. The van der Waals surface area contributed by atoms with Gasteiger partial charge in [0.15, 0.2) is 6.04 Å². The molecule has 2 rings (SSSR count). The number of carboxylic acid groups (broad SMARTS) is 1. The zero-order chi connectivity index (χ0) is 15.1. The number of hydrogen-bond acceptors (Lipinski definition) is 3. The second kappa shape index (κ2) is 7.19. The third-order valence-corrected chi connectivity index (χ3v) is 3.05. The lowest BCUT2D eigenvalue weighted by atomic mass is 10.1. The van der Waals surface area contributed by atoms with Crippen LogP contribution in [-0.2, 0) is 16.0 Å². The van der Waals surface area contributed by atoms with Crippen LogP contribution in [0.25, 0.3) is 0 Å². The predicted octanol–water partition coefficient (Wildman–Crippen LogP) is 1.96. The van der Waals surface area contributed by atoms with Gasteiger partial charge in [-0.05, 0) is 23.6 Å². The lowest BCUT2D eigenvalue weighted by Gasteiger charge is -2.14. The molecule has 0 aliphatic rings. The van der Waals surface area contributed by atoms with Gasteiger partial charge in [-0.3, -0.25) is 9.78 Å². The third kappa shape index (κ3) is 4.42.